The van der Waals surface area contributed by atoms with Crippen molar-refractivity contribution in [2.75, 3.05) is 11.9 Å². The van der Waals surface area contributed by atoms with Gasteiger partial charge >= 0.3 is 0 Å². The molecule has 25 heavy (non-hydrogen) atoms. The van der Waals surface area contributed by atoms with Gasteiger partial charge in [0.2, 0.25) is 5.91 Å². The molecule has 0 aliphatic rings. The van der Waals surface area contributed by atoms with Gasteiger partial charge in [0, 0.05) is 35.9 Å². The first kappa shape index (κ1) is 19.7. The maximum atomic E-state index is 12.6. The van der Waals surface area contributed by atoms with E-state index in [-0.39, 0.29) is 5.91 Å². The minimum Gasteiger partial charge on any atom is -0.315 e. The Labute approximate surface area is 159 Å². The topological polar surface area (TPSA) is 38.1 Å². The maximum Gasteiger partial charge on any atom is 0.227 e. The zero-order valence-electron chi connectivity index (χ0n) is 16.1. The van der Waals surface area contributed by atoms with Crippen molar-refractivity contribution in [2.24, 2.45) is 5.92 Å². The highest BCUT2D eigenvalue weighted by molar-refractivity contribution is 9.10. The van der Waals surface area contributed by atoms with E-state index in [1.807, 2.05) is 39.1 Å². The van der Waals surface area contributed by atoms with Gasteiger partial charge in [-0.25, -0.2) is 0 Å². The molecule has 0 atom stereocenters. The van der Waals surface area contributed by atoms with E-state index in [9.17, 15) is 4.79 Å². The molecule has 0 unspecified atom stereocenters. The van der Waals surface area contributed by atoms with Crippen molar-refractivity contribution < 1.29 is 4.79 Å². The van der Waals surface area contributed by atoms with E-state index in [1.54, 1.807) is 4.90 Å². The minimum atomic E-state index is 0.126. The van der Waals surface area contributed by atoms with Crippen LogP contribution in [0.2, 0.25) is 0 Å². The van der Waals surface area contributed by atoms with Gasteiger partial charge in [0.1, 0.15) is 0 Å². The fourth-order valence-corrected chi connectivity index (χ4v) is 3.62. The van der Waals surface area contributed by atoms with Gasteiger partial charge in [-0.15, -0.1) is 0 Å². The molecule has 1 heterocycles. The summed E-state index contributed by atoms with van der Waals surface area (Å²) in [5.41, 5.74) is 5.46. The first-order valence-electron chi connectivity index (χ1n) is 8.76. The monoisotopic (exact) mass is 405 g/mol. The maximum absolute atomic E-state index is 12.6. The predicted octanol–water partition coefficient (Wildman–Crippen LogP) is 4.82. The van der Waals surface area contributed by atoms with Crippen molar-refractivity contribution in [1.29, 1.82) is 0 Å². The summed E-state index contributed by atoms with van der Waals surface area (Å²) in [6, 6.07) is 5.98. The summed E-state index contributed by atoms with van der Waals surface area (Å²) in [6.07, 6.45) is 1.22. The first-order chi connectivity index (χ1) is 11.7. The number of rotatable bonds is 6. The minimum absolute atomic E-state index is 0.126. The van der Waals surface area contributed by atoms with Crippen molar-refractivity contribution in [3.63, 3.8) is 0 Å². The van der Waals surface area contributed by atoms with Crippen molar-refractivity contribution in [3.8, 4) is 0 Å². The molecule has 2 rings (SSSR count). The van der Waals surface area contributed by atoms with Crippen LogP contribution in [0.25, 0.3) is 0 Å². The number of benzene rings is 1. The molecule has 0 fully saturated rings. The largest absolute Gasteiger partial charge is 0.315 e. The number of nitrogens with zero attached hydrogens (tertiary/aromatic N) is 3. The third kappa shape index (κ3) is 4.72. The normalized spacial score (nSPS) is 11.2. The molecule has 5 heteroatoms. The number of carbonyl (C=O) groups excluding carboxylic acids is 1. The van der Waals surface area contributed by atoms with Crippen LogP contribution < -0.4 is 4.90 Å². The molecule has 136 valence electrons. The van der Waals surface area contributed by atoms with E-state index in [4.69, 9.17) is 0 Å². The fraction of sp³-hybridized carbons (Fsp3) is 0.500. The molecule has 0 spiro atoms. The van der Waals surface area contributed by atoms with Crippen LogP contribution in [0.5, 0.6) is 0 Å². The molecule has 0 saturated carbocycles. The third-order valence-electron chi connectivity index (χ3n) is 4.55. The summed E-state index contributed by atoms with van der Waals surface area (Å²) >= 11 is 3.47. The van der Waals surface area contributed by atoms with Crippen LogP contribution in [0.1, 0.15) is 42.8 Å². The number of halogens is 1. The summed E-state index contributed by atoms with van der Waals surface area (Å²) < 4.78 is 3.10. The molecule has 0 bridgehead atoms. The second kappa shape index (κ2) is 8.17. The van der Waals surface area contributed by atoms with Crippen LogP contribution in [-0.2, 0) is 17.8 Å². The van der Waals surface area contributed by atoms with Gasteiger partial charge in [-0.2, -0.15) is 5.10 Å². The Balaban J connectivity index is 2.08. The summed E-state index contributed by atoms with van der Waals surface area (Å²) in [6.45, 7) is 11.5. The Bertz CT molecular complexity index is 765. The molecule has 1 aromatic heterocycles. The number of hydrogen-bond acceptors (Lipinski definition) is 2. The molecule has 0 aliphatic carbocycles. The fourth-order valence-electron chi connectivity index (χ4n) is 3.15. The number of amides is 1. The molecule has 2 aromatic rings. The van der Waals surface area contributed by atoms with Gasteiger partial charge < -0.3 is 4.90 Å². The van der Waals surface area contributed by atoms with Gasteiger partial charge in [-0.05, 0) is 62.4 Å². The van der Waals surface area contributed by atoms with Crippen molar-refractivity contribution in [2.45, 2.75) is 54.0 Å². The van der Waals surface area contributed by atoms with Gasteiger partial charge in [0.15, 0.2) is 0 Å². The van der Waals surface area contributed by atoms with Crippen molar-refractivity contribution in [3.05, 3.63) is 45.2 Å². The van der Waals surface area contributed by atoms with Crippen LogP contribution in [0.4, 0.5) is 5.69 Å². The lowest BCUT2D eigenvalue weighted by atomic mass is 10.1. The Morgan fingerprint density at radius 2 is 1.96 bits per heavy atom. The first-order valence-corrected chi connectivity index (χ1v) is 9.55. The van der Waals surface area contributed by atoms with E-state index >= 15 is 0 Å². The molecule has 1 aromatic carbocycles. The molecule has 0 aliphatic heterocycles. The molecule has 0 saturated heterocycles. The van der Waals surface area contributed by atoms with Crippen LogP contribution >= 0.6 is 15.9 Å². The van der Waals surface area contributed by atoms with Gasteiger partial charge in [-0.1, -0.05) is 29.8 Å². The zero-order chi connectivity index (χ0) is 18.7. The van der Waals surface area contributed by atoms with Crippen LogP contribution in [0, 0.1) is 26.7 Å². The van der Waals surface area contributed by atoms with E-state index < -0.39 is 0 Å². The van der Waals surface area contributed by atoms with Crippen LogP contribution in [0.15, 0.2) is 22.7 Å². The van der Waals surface area contributed by atoms with Gasteiger partial charge in [0.05, 0.1) is 5.69 Å². The van der Waals surface area contributed by atoms with Gasteiger partial charge in [0.25, 0.3) is 0 Å². The standard InChI is InChI=1S/C20H28BrN3O/c1-13(2)12-24-16(5)18(15(4)22-24)8-10-20(25)23(6)19-9-7-17(21)11-14(19)3/h7,9,11,13H,8,10,12H2,1-6H3. The highest BCUT2D eigenvalue weighted by Crippen LogP contribution is 2.24. The second-order valence-electron chi connectivity index (χ2n) is 7.11. The summed E-state index contributed by atoms with van der Waals surface area (Å²) in [5, 5.41) is 4.64. The van der Waals surface area contributed by atoms with Crippen LogP contribution in [-0.4, -0.2) is 22.7 Å². The number of aryl methyl sites for hydroxylation is 2. The Morgan fingerprint density at radius 3 is 2.56 bits per heavy atom. The second-order valence-corrected chi connectivity index (χ2v) is 8.02. The lowest BCUT2D eigenvalue weighted by molar-refractivity contribution is -0.118. The number of anilines is 1. The molecule has 0 radical (unpaired) electrons. The summed E-state index contributed by atoms with van der Waals surface area (Å²) in [5.74, 6) is 0.680. The quantitative estimate of drug-likeness (QED) is 0.690. The smallest absolute Gasteiger partial charge is 0.227 e. The van der Waals surface area contributed by atoms with Gasteiger partial charge in [-0.3, -0.25) is 9.48 Å². The average molecular weight is 406 g/mol. The number of carbonyl (C=O) groups is 1. The Morgan fingerprint density at radius 1 is 1.28 bits per heavy atom. The molecule has 4 nitrogen and oxygen atoms in total. The highest BCUT2D eigenvalue weighted by Gasteiger charge is 2.17. The summed E-state index contributed by atoms with van der Waals surface area (Å²) in [4.78, 5) is 14.4. The Hall–Kier alpha value is -1.62. The van der Waals surface area contributed by atoms with Crippen LogP contribution in [0.3, 0.4) is 0 Å². The lowest BCUT2D eigenvalue weighted by Crippen LogP contribution is -2.27. The van der Waals surface area contributed by atoms with E-state index in [2.05, 4.69) is 46.5 Å². The molecular weight excluding hydrogens is 378 g/mol. The molecule has 1 amide bonds. The zero-order valence-corrected chi connectivity index (χ0v) is 17.6. The molecular formula is C20H28BrN3O. The van der Waals surface area contributed by atoms with Crippen molar-refractivity contribution in [1.82, 2.24) is 9.78 Å². The van der Waals surface area contributed by atoms with E-state index in [0.29, 0.717) is 12.3 Å². The van der Waals surface area contributed by atoms with E-state index in [0.717, 1.165) is 34.4 Å². The highest BCUT2D eigenvalue weighted by atomic mass is 79.9. The number of hydrogen-bond donors (Lipinski definition) is 0. The van der Waals surface area contributed by atoms with E-state index in [1.165, 1.54) is 11.3 Å². The Kier molecular flexibility index (Phi) is 6.44. The van der Waals surface area contributed by atoms with Crippen molar-refractivity contribution >= 4 is 27.5 Å². The number of aromatic nitrogens is 2. The average Bonchev–Trinajstić information content (AvgIpc) is 2.77. The lowest BCUT2D eigenvalue weighted by Gasteiger charge is -2.20. The molecule has 0 N–H and O–H groups in total. The predicted molar refractivity (Wildman–Crippen MR) is 107 cm³/mol. The summed E-state index contributed by atoms with van der Waals surface area (Å²) in [7, 11) is 1.85. The SMILES string of the molecule is Cc1cc(Br)ccc1N(C)C(=O)CCc1c(C)nn(CC(C)C)c1C. The third-order valence-corrected chi connectivity index (χ3v) is 5.05.